The van der Waals surface area contributed by atoms with Crippen molar-refractivity contribution < 1.29 is 9.53 Å². The summed E-state index contributed by atoms with van der Waals surface area (Å²) in [5.74, 6) is 1.55. The minimum atomic E-state index is -0.393. The molecule has 0 atom stereocenters. The molecule has 0 unspecified atom stereocenters. The van der Waals surface area contributed by atoms with Gasteiger partial charge >= 0.3 is 5.97 Å². The lowest BCUT2D eigenvalue weighted by Crippen LogP contribution is -2.06. The zero-order valence-electron chi connectivity index (χ0n) is 16.4. The number of fused-ring (bicyclic) bond motifs is 3. The van der Waals surface area contributed by atoms with Crippen LogP contribution in [0, 0.1) is 5.92 Å². The van der Waals surface area contributed by atoms with Gasteiger partial charge in [-0.25, -0.2) is 4.68 Å². The monoisotopic (exact) mass is 411 g/mol. The van der Waals surface area contributed by atoms with Crippen molar-refractivity contribution in [3.63, 3.8) is 0 Å². The van der Waals surface area contributed by atoms with Crippen LogP contribution in [0.1, 0.15) is 26.0 Å². The Labute approximate surface area is 171 Å². The zero-order valence-corrected chi connectivity index (χ0v) is 17.3. The first-order valence-electron chi connectivity index (χ1n) is 9.33. The van der Waals surface area contributed by atoms with Gasteiger partial charge in [-0.2, -0.15) is 14.6 Å². The molecule has 0 aliphatic rings. The Bertz CT molecular complexity index is 1150. The van der Waals surface area contributed by atoms with Crippen molar-refractivity contribution in [3.8, 4) is 5.69 Å². The molecule has 29 heavy (non-hydrogen) atoms. The van der Waals surface area contributed by atoms with Crippen LogP contribution in [0.2, 0.25) is 0 Å². The van der Waals surface area contributed by atoms with E-state index < -0.39 is 5.97 Å². The number of carbonyl (C=O) groups excluding carboxylic acids is 1. The van der Waals surface area contributed by atoms with Crippen LogP contribution in [-0.4, -0.2) is 53.4 Å². The van der Waals surface area contributed by atoms with E-state index in [0.29, 0.717) is 33.7 Å². The SMILES string of the molecule is COC(=O)Cc1nn(-c2ccccc2)c2c1nnc1nc(SCCC(C)C)nn12. The standard InChI is InChI=1S/C19H21N7O2S/c1-12(2)9-10-29-19-20-18-22-21-16-14(11-15(27)28-3)23-25(17(16)26(18)24-19)13-7-5-4-6-8-13/h4-8,12H,9-11H2,1-3H3. The van der Waals surface area contributed by atoms with Crippen molar-refractivity contribution in [3.05, 3.63) is 36.0 Å². The third-order valence-electron chi connectivity index (χ3n) is 4.38. The minimum absolute atomic E-state index is 0.00227. The van der Waals surface area contributed by atoms with Gasteiger partial charge in [0.1, 0.15) is 5.69 Å². The number of para-hydroxylation sites is 1. The van der Waals surface area contributed by atoms with Gasteiger partial charge in [0.25, 0.3) is 5.78 Å². The second kappa shape index (κ2) is 8.16. The molecule has 10 heteroatoms. The highest BCUT2D eigenvalue weighted by atomic mass is 32.2. The summed E-state index contributed by atoms with van der Waals surface area (Å²) in [6.45, 7) is 4.38. The van der Waals surface area contributed by atoms with Gasteiger partial charge in [0.05, 0.1) is 19.2 Å². The molecule has 3 aromatic heterocycles. The van der Waals surface area contributed by atoms with E-state index in [4.69, 9.17) is 4.74 Å². The van der Waals surface area contributed by atoms with Crippen LogP contribution < -0.4 is 0 Å². The molecule has 0 fully saturated rings. The van der Waals surface area contributed by atoms with Gasteiger partial charge in [0.15, 0.2) is 11.2 Å². The topological polar surface area (TPSA) is 100 Å². The Hall–Kier alpha value is -3.01. The predicted molar refractivity (Wildman–Crippen MR) is 109 cm³/mol. The van der Waals surface area contributed by atoms with Gasteiger partial charge in [-0.15, -0.1) is 15.3 Å². The van der Waals surface area contributed by atoms with E-state index in [1.54, 1.807) is 21.0 Å². The predicted octanol–water partition coefficient (Wildman–Crippen LogP) is 2.71. The second-order valence-electron chi connectivity index (χ2n) is 6.96. The van der Waals surface area contributed by atoms with Crippen LogP contribution in [0.4, 0.5) is 0 Å². The number of ether oxygens (including phenoxy) is 1. The van der Waals surface area contributed by atoms with Crippen molar-refractivity contribution >= 4 is 34.7 Å². The molecular formula is C19H21N7O2S. The Morgan fingerprint density at radius 3 is 2.69 bits per heavy atom. The summed E-state index contributed by atoms with van der Waals surface area (Å²) in [5.41, 5.74) is 2.42. The second-order valence-corrected chi connectivity index (χ2v) is 8.02. The summed E-state index contributed by atoms with van der Waals surface area (Å²) >= 11 is 1.59. The number of thioether (sulfide) groups is 1. The normalized spacial score (nSPS) is 11.6. The lowest BCUT2D eigenvalue weighted by Gasteiger charge is -2.03. The highest BCUT2D eigenvalue weighted by Gasteiger charge is 2.21. The molecule has 4 aromatic rings. The van der Waals surface area contributed by atoms with E-state index in [2.05, 4.69) is 39.2 Å². The van der Waals surface area contributed by atoms with Crippen molar-refractivity contribution in [2.75, 3.05) is 12.9 Å². The van der Waals surface area contributed by atoms with E-state index in [-0.39, 0.29) is 6.42 Å². The molecule has 9 nitrogen and oxygen atoms in total. The quantitative estimate of drug-likeness (QED) is 0.338. The van der Waals surface area contributed by atoms with Gasteiger partial charge in [0, 0.05) is 5.75 Å². The lowest BCUT2D eigenvalue weighted by atomic mass is 10.2. The fourth-order valence-corrected chi connectivity index (χ4v) is 3.91. The smallest absolute Gasteiger partial charge is 0.311 e. The Balaban J connectivity index is 1.85. The lowest BCUT2D eigenvalue weighted by molar-refractivity contribution is -0.139. The average molecular weight is 411 g/mol. The minimum Gasteiger partial charge on any atom is -0.469 e. The number of benzene rings is 1. The highest BCUT2D eigenvalue weighted by molar-refractivity contribution is 7.99. The first-order chi connectivity index (χ1) is 14.1. The molecule has 4 rings (SSSR count). The van der Waals surface area contributed by atoms with Crippen molar-refractivity contribution in [2.24, 2.45) is 5.92 Å². The molecule has 0 saturated carbocycles. The summed E-state index contributed by atoms with van der Waals surface area (Å²) in [6, 6.07) is 9.62. The van der Waals surface area contributed by atoms with E-state index in [1.807, 2.05) is 30.3 Å². The number of hydrogen-bond donors (Lipinski definition) is 0. The molecule has 0 aliphatic heterocycles. The summed E-state index contributed by atoms with van der Waals surface area (Å²) in [7, 11) is 1.35. The molecule has 0 N–H and O–H groups in total. The Morgan fingerprint density at radius 2 is 1.97 bits per heavy atom. The first-order valence-corrected chi connectivity index (χ1v) is 10.3. The van der Waals surface area contributed by atoms with E-state index in [0.717, 1.165) is 17.9 Å². The number of methoxy groups -OCH3 is 1. The van der Waals surface area contributed by atoms with Crippen LogP contribution >= 0.6 is 11.8 Å². The molecule has 3 heterocycles. The molecule has 0 aliphatic carbocycles. The van der Waals surface area contributed by atoms with Gasteiger partial charge in [0.2, 0.25) is 5.16 Å². The maximum absolute atomic E-state index is 11.9. The van der Waals surface area contributed by atoms with Gasteiger partial charge in [-0.3, -0.25) is 4.79 Å². The number of nitrogens with zero attached hydrogens (tertiary/aromatic N) is 7. The number of hydrogen-bond acceptors (Lipinski definition) is 8. The summed E-state index contributed by atoms with van der Waals surface area (Å²) < 4.78 is 8.15. The average Bonchev–Trinajstić information content (AvgIpc) is 3.29. The number of esters is 1. The number of carbonyl (C=O) groups is 1. The molecule has 0 amide bonds. The van der Waals surface area contributed by atoms with Crippen LogP contribution in [0.25, 0.3) is 22.6 Å². The maximum Gasteiger partial charge on any atom is 0.311 e. The first kappa shape index (κ1) is 19.3. The molecule has 150 valence electrons. The van der Waals surface area contributed by atoms with Crippen LogP contribution in [-0.2, 0) is 16.0 Å². The molecular weight excluding hydrogens is 390 g/mol. The van der Waals surface area contributed by atoms with Gasteiger partial charge in [-0.05, 0) is 24.5 Å². The number of aromatic nitrogens is 7. The number of rotatable bonds is 7. The summed E-state index contributed by atoms with van der Waals surface area (Å²) in [4.78, 5) is 16.3. The summed E-state index contributed by atoms with van der Waals surface area (Å²) in [5, 5.41) is 18.4. The third kappa shape index (κ3) is 3.93. The fraction of sp³-hybridized carbons (Fsp3) is 0.368. The van der Waals surface area contributed by atoms with Gasteiger partial charge in [-0.1, -0.05) is 43.8 Å². The van der Waals surface area contributed by atoms with E-state index in [1.165, 1.54) is 7.11 Å². The third-order valence-corrected chi connectivity index (χ3v) is 5.25. The van der Waals surface area contributed by atoms with Crippen molar-refractivity contribution in [2.45, 2.75) is 31.8 Å². The van der Waals surface area contributed by atoms with Crippen molar-refractivity contribution in [1.29, 1.82) is 0 Å². The van der Waals surface area contributed by atoms with Crippen LogP contribution in [0.3, 0.4) is 0 Å². The maximum atomic E-state index is 11.9. The summed E-state index contributed by atoms with van der Waals surface area (Å²) in [6.07, 6.45) is 1.07. The van der Waals surface area contributed by atoms with E-state index in [9.17, 15) is 4.79 Å². The molecule has 0 spiro atoms. The molecule has 0 radical (unpaired) electrons. The van der Waals surface area contributed by atoms with Crippen molar-refractivity contribution in [1.82, 2.24) is 34.6 Å². The zero-order chi connectivity index (χ0) is 20.4. The van der Waals surface area contributed by atoms with E-state index >= 15 is 0 Å². The highest BCUT2D eigenvalue weighted by Crippen LogP contribution is 2.23. The largest absolute Gasteiger partial charge is 0.469 e. The molecule has 0 bridgehead atoms. The van der Waals surface area contributed by atoms with Crippen LogP contribution in [0.15, 0.2) is 35.5 Å². The Morgan fingerprint density at radius 1 is 1.17 bits per heavy atom. The van der Waals surface area contributed by atoms with Crippen LogP contribution in [0.5, 0.6) is 0 Å². The van der Waals surface area contributed by atoms with Gasteiger partial charge < -0.3 is 4.74 Å². The Kier molecular flexibility index (Phi) is 5.43. The molecule has 0 saturated heterocycles. The fourth-order valence-electron chi connectivity index (χ4n) is 2.85. The molecule has 1 aromatic carbocycles.